The average molecular weight is 373 g/mol. The largest absolute Gasteiger partial charge is 0.419 e. The normalized spacial score (nSPS) is 12.3. The van der Waals surface area contributed by atoms with Crippen molar-refractivity contribution in [3.05, 3.63) is 75.1 Å². The molecule has 8 heteroatoms. The molecule has 0 spiro atoms. The van der Waals surface area contributed by atoms with Crippen molar-refractivity contribution in [2.24, 2.45) is 0 Å². The van der Waals surface area contributed by atoms with Gasteiger partial charge in [0.15, 0.2) is 0 Å². The molecule has 0 aliphatic heterocycles. The Morgan fingerprint density at radius 2 is 2.00 bits per heavy atom. The highest BCUT2D eigenvalue weighted by Crippen LogP contribution is 2.28. The number of hydrogen-bond acceptors (Lipinski definition) is 6. The molecule has 0 bridgehead atoms. The molecular weight excluding hydrogens is 356 g/mol. The Bertz CT molecular complexity index is 928. The number of nitrogens with zero attached hydrogens (tertiary/aromatic N) is 4. The number of non-ortho nitro benzene ring substituents is 1. The molecule has 0 aliphatic rings. The Labute approximate surface area is 155 Å². The van der Waals surface area contributed by atoms with Gasteiger partial charge in [-0.05, 0) is 31.7 Å². The summed E-state index contributed by atoms with van der Waals surface area (Å²) in [7, 11) is 1.89. The van der Waals surface area contributed by atoms with E-state index in [1.54, 1.807) is 18.2 Å². The van der Waals surface area contributed by atoms with Gasteiger partial charge in [-0.15, -0.1) is 10.2 Å². The van der Waals surface area contributed by atoms with Crippen LogP contribution in [0, 0.1) is 10.1 Å². The quantitative estimate of drug-likeness (QED) is 0.468. The van der Waals surface area contributed by atoms with E-state index in [2.05, 4.69) is 10.2 Å². The van der Waals surface area contributed by atoms with Crippen LogP contribution in [0.3, 0.4) is 0 Å². The molecule has 0 saturated heterocycles. The first kappa shape index (κ1) is 18.0. The maximum absolute atomic E-state index is 10.9. The van der Waals surface area contributed by atoms with Crippen LogP contribution in [0.2, 0.25) is 5.02 Å². The summed E-state index contributed by atoms with van der Waals surface area (Å²) in [5.74, 6) is 0.807. The van der Waals surface area contributed by atoms with Crippen LogP contribution in [0.15, 0.2) is 52.9 Å². The van der Waals surface area contributed by atoms with Gasteiger partial charge in [-0.25, -0.2) is 0 Å². The lowest BCUT2D eigenvalue weighted by Crippen LogP contribution is -2.22. The van der Waals surface area contributed by atoms with Crippen LogP contribution in [0.5, 0.6) is 0 Å². The fourth-order valence-corrected chi connectivity index (χ4v) is 2.78. The van der Waals surface area contributed by atoms with Crippen molar-refractivity contribution in [3.8, 4) is 11.5 Å². The minimum atomic E-state index is -0.399. The van der Waals surface area contributed by atoms with Crippen LogP contribution in [-0.2, 0) is 6.54 Å². The lowest BCUT2D eigenvalue weighted by Gasteiger charge is -2.23. The van der Waals surface area contributed by atoms with E-state index >= 15 is 0 Å². The van der Waals surface area contributed by atoms with E-state index in [-0.39, 0.29) is 11.7 Å². The van der Waals surface area contributed by atoms with Gasteiger partial charge in [0, 0.05) is 18.2 Å². The number of rotatable bonds is 6. The predicted octanol–water partition coefficient (Wildman–Crippen LogP) is 4.49. The average Bonchev–Trinajstić information content (AvgIpc) is 3.09. The summed E-state index contributed by atoms with van der Waals surface area (Å²) >= 11 is 6.15. The SMILES string of the molecule is CC(c1cccc([N+](=O)[O-])c1)N(C)Cc1nnc(-c2ccccc2Cl)o1. The van der Waals surface area contributed by atoms with Crippen LogP contribution in [0.1, 0.15) is 24.4 Å². The Kier molecular flexibility index (Phi) is 5.29. The molecule has 3 aromatic rings. The fraction of sp³-hybridized carbons (Fsp3) is 0.222. The van der Waals surface area contributed by atoms with Gasteiger partial charge in [0.1, 0.15) is 0 Å². The zero-order valence-corrected chi connectivity index (χ0v) is 15.1. The zero-order chi connectivity index (χ0) is 18.7. The molecule has 0 aliphatic carbocycles. The molecule has 0 fully saturated rings. The molecule has 26 heavy (non-hydrogen) atoms. The Balaban J connectivity index is 1.74. The first-order chi connectivity index (χ1) is 12.5. The Morgan fingerprint density at radius 1 is 1.23 bits per heavy atom. The van der Waals surface area contributed by atoms with E-state index in [0.717, 1.165) is 5.56 Å². The van der Waals surface area contributed by atoms with Crippen molar-refractivity contribution >= 4 is 17.3 Å². The number of halogens is 1. The highest BCUT2D eigenvalue weighted by Gasteiger charge is 2.18. The Morgan fingerprint density at radius 3 is 2.73 bits per heavy atom. The van der Waals surface area contributed by atoms with Crippen molar-refractivity contribution in [1.29, 1.82) is 0 Å². The van der Waals surface area contributed by atoms with Crippen molar-refractivity contribution in [2.45, 2.75) is 19.5 Å². The van der Waals surface area contributed by atoms with E-state index in [4.69, 9.17) is 16.0 Å². The van der Waals surface area contributed by atoms with Gasteiger partial charge < -0.3 is 4.42 Å². The smallest absolute Gasteiger partial charge is 0.269 e. The fourth-order valence-electron chi connectivity index (χ4n) is 2.56. The second-order valence-electron chi connectivity index (χ2n) is 5.92. The number of aromatic nitrogens is 2. The second-order valence-corrected chi connectivity index (χ2v) is 6.33. The molecule has 0 amide bonds. The van der Waals surface area contributed by atoms with Crippen molar-refractivity contribution in [3.63, 3.8) is 0 Å². The molecule has 1 atom stereocenters. The van der Waals surface area contributed by atoms with E-state index in [0.29, 0.717) is 28.9 Å². The summed E-state index contributed by atoms with van der Waals surface area (Å²) in [6.07, 6.45) is 0. The topological polar surface area (TPSA) is 85.3 Å². The second kappa shape index (κ2) is 7.63. The molecule has 7 nitrogen and oxygen atoms in total. The molecule has 134 valence electrons. The van der Waals surface area contributed by atoms with Crippen LogP contribution in [-0.4, -0.2) is 27.1 Å². The van der Waals surface area contributed by atoms with Crippen LogP contribution >= 0.6 is 11.6 Å². The zero-order valence-electron chi connectivity index (χ0n) is 14.3. The summed E-state index contributed by atoms with van der Waals surface area (Å²) in [5.41, 5.74) is 1.59. The lowest BCUT2D eigenvalue weighted by atomic mass is 10.1. The summed E-state index contributed by atoms with van der Waals surface area (Å²) in [4.78, 5) is 12.5. The van der Waals surface area contributed by atoms with Gasteiger partial charge in [-0.2, -0.15) is 0 Å². The van der Waals surface area contributed by atoms with Crippen molar-refractivity contribution in [1.82, 2.24) is 15.1 Å². The third kappa shape index (κ3) is 3.89. The molecule has 1 unspecified atom stereocenters. The minimum absolute atomic E-state index is 0.0643. The number of benzene rings is 2. The molecular formula is C18H17ClN4O3. The first-order valence-electron chi connectivity index (χ1n) is 7.97. The van der Waals surface area contributed by atoms with E-state index in [1.807, 2.05) is 43.1 Å². The number of hydrogen-bond donors (Lipinski definition) is 0. The molecule has 1 aromatic heterocycles. The van der Waals surface area contributed by atoms with Crippen molar-refractivity contribution in [2.75, 3.05) is 7.05 Å². The molecule has 0 saturated carbocycles. The molecule has 1 heterocycles. The van der Waals surface area contributed by atoms with Gasteiger partial charge in [0.2, 0.25) is 11.8 Å². The van der Waals surface area contributed by atoms with E-state index < -0.39 is 4.92 Å². The van der Waals surface area contributed by atoms with Gasteiger partial charge in [0.05, 0.1) is 22.1 Å². The highest BCUT2D eigenvalue weighted by molar-refractivity contribution is 6.33. The summed E-state index contributed by atoms with van der Waals surface area (Å²) in [5, 5.41) is 19.6. The lowest BCUT2D eigenvalue weighted by molar-refractivity contribution is -0.384. The maximum atomic E-state index is 10.9. The van der Waals surface area contributed by atoms with Crippen molar-refractivity contribution < 1.29 is 9.34 Å². The van der Waals surface area contributed by atoms with Gasteiger partial charge in [-0.3, -0.25) is 15.0 Å². The van der Waals surface area contributed by atoms with Crippen LogP contribution < -0.4 is 0 Å². The van der Waals surface area contributed by atoms with Gasteiger partial charge in [0.25, 0.3) is 5.69 Å². The third-order valence-corrected chi connectivity index (χ3v) is 4.51. The number of nitro benzene ring substituents is 1. The predicted molar refractivity (Wildman–Crippen MR) is 97.7 cm³/mol. The third-order valence-electron chi connectivity index (χ3n) is 4.18. The molecule has 3 rings (SSSR count). The first-order valence-corrected chi connectivity index (χ1v) is 8.35. The summed E-state index contributed by atoms with van der Waals surface area (Å²) in [6.45, 7) is 2.37. The summed E-state index contributed by atoms with van der Waals surface area (Å²) in [6, 6.07) is 13.8. The molecule has 0 radical (unpaired) electrons. The van der Waals surface area contributed by atoms with E-state index in [1.165, 1.54) is 6.07 Å². The Hall–Kier alpha value is -2.77. The monoisotopic (exact) mass is 372 g/mol. The number of nitro groups is 1. The molecule has 2 aromatic carbocycles. The van der Waals surface area contributed by atoms with E-state index in [9.17, 15) is 10.1 Å². The van der Waals surface area contributed by atoms with Crippen LogP contribution in [0.25, 0.3) is 11.5 Å². The van der Waals surface area contributed by atoms with Gasteiger partial charge in [-0.1, -0.05) is 35.9 Å². The highest BCUT2D eigenvalue weighted by atomic mass is 35.5. The molecule has 0 N–H and O–H groups in total. The minimum Gasteiger partial charge on any atom is -0.419 e. The van der Waals surface area contributed by atoms with Crippen LogP contribution in [0.4, 0.5) is 5.69 Å². The summed E-state index contributed by atoms with van der Waals surface area (Å²) < 4.78 is 5.71. The maximum Gasteiger partial charge on any atom is 0.269 e. The standard InChI is InChI=1S/C18H17ClN4O3/c1-12(13-6-5-7-14(10-13)23(24)25)22(2)11-17-20-21-18(26-17)15-8-3-4-9-16(15)19/h3-10,12H,11H2,1-2H3. The van der Waals surface area contributed by atoms with Gasteiger partial charge >= 0.3 is 0 Å².